The van der Waals surface area contributed by atoms with Crippen LogP contribution in [0, 0.1) is 11.3 Å². The molecule has 0 aromatic carbocycles. The van der Waals surface area contributed by atoms with Gasteiger partial charge in [0.2, 0.25) is 5.91 Å². The van der Waals surface area contributed by atoms with Gasteiger partial charge in [-0.25, -0.2) is 4.79 Å². The van der Waals surface area contributed by atoms with Gasteiger partial charge in [0.05, 0.1) is 0 Å². The van der Waals surface area contributed by atoms with Crippen LogP contribution in [-0.2, 0) is 9.59 Å². The van der Waals surface area contributed by atoms with Crippen molar-refractivity contribution in [2.24, 2.45) is 17.1 Å². The first kappa shape index (κ1) is 17.0. The van der Waals surface area contributed by atoms with E-state index in [-0.39, 0.29) is 17.2 Å². The maximum absolute atomic E-state index is 12.1. The van der Waals surface area contributed by atoms with Crippen molar-refractivity contribution in [3.8, 4) is 0 Å². The molecule has 1 rings (SSSR count). The monoisotopic (exact) mass is 284 g/mol. The molecule has 4 N–H and O–H groups in total. The van der Waals surface area contributed by atoms with Gasteiger partial charge in [-0.05, 0) is 37.1 Å². The highest BCUT2D eigenvalue weighted by Gasteiger charge is 2.34. The second-order valence-electron chi connectivity index (χ2n) is 6.53. The van der Waals surface area contributed by atoms with Gasteiger partial charge in [-0.2, -0.15) is 0 Å². The predicted octanol–water partition coefficient (Wildman–Crippen LogP) is 1.90. The highest BCUT2D eigenvalue weighted by Crippen LogP contribution is 2.38. The van der Waals surface area contributed by atoms with Crippen LogP contribution in [-0.4, -0.2) is 29.6 Å². The zero-order valence-electron chi connectivity index (χ0n) is 12.7. The van der Waals surface area contributed by atoms with E-state index in [2.05, 4.69) is 5.32 Å². The minimum absolute atomic E-state index is 0.122. The number of carboxylic acid groups (broad SMARTS) is 1. The molecule has 1 aliphatic rings. The van der Waals surface area contributed by atoms with Crippen LogP contribution in [0.2, 0.25) is 0 Å². The summed E-state index contributed by atoms with van der Waals surface area (Å²) in [5, 5.41) is 11.8. The van der Waals surface area contributed by atoms with Crippen molar-refractivity contribution in [3.63, 3.8) is 0 Å². The summed E-state index contributed by atoms with van der Waals surface area (Å²) in [6, 6.07) is -0.791. The van der Waals surface area contributed by atoms with Crippen LogP contribution in [0.15, 0.2) is 0 Å². The SMILES string of the molecule is CC(C)CC(NC(=O)CC1(CN)CCCCC1)C(=O)O. The van der Waals surface area contributed by atoms with E-state index in [0.29, 0.717) is 19.4 Å². The number of rotatable bonds is 7. The minimum Gasteiger partial charge on any atom is -0.480 e. The minimum atomic E-state index is -0.961. The van der Waals surface area contributed by atoms with Gasteiger partial charge in [-0.15, -0.1) is 0 Å². The lowest BCUT2D eigenvalue weighted by atomic mass is 9.71. The van der Waals surface area contributed by atoms with Gasteiger partial charge in [0, 0.05) is 6.42 Å². The number of carboxylic acids is 1. The zero-order chi connectivity index (χ0) is 15.2. The topological polar surface area (TPSA) is 92.4 Å². The molecule has 1 amide bonds. The van der Waals surface area contributed by atoms with E-state index < -0.39 is 12.0 Å². The lowest BCUT2D eigenvalue weighted by Crippen LogP contribution is -2.45. The Hall–Kier alpha value is -1.10. The third-order valence-corrected chi connectivity index (χ3v) is 4.22. The molecule has 1 unspecified atom stereocenters. The molecule has 0 bridgehead atoms. The summed E-state index contributed by atoms with van der Waals surface area (Å²) in [5.41, 5.74) is 5.74. The number of hydrogen-bond donors (Lipinski definition) is 3. The fraction of sp³-hybridized carbons (Fsp3) is 0.867. The van der Waals surface area contributed by atoms with Crippen molar-refractivity contribution in [2.45, 2.75) is 64.8 Å². The molecular formula is C15H28N2O3. The third kappa shape index (κ3) is 5.12. The second kappa shape index (κ2) is 7.62. The first-order valence-electron chi connectivity index (χ1n) is 7.61. The quantitative estimate of drug-likeness (QED) is 0.665. The Kier molecular flexibility index (Phi) is 6.46. The molecule has 116 valence electrons. The van der Waals surface area contributed by atoms with Crippen LogP contribution >= 0.6 is 0 Å². The number of carbonyl (C=O) groups is 2. The van der Waals surface area contributed by atoms with Gasteiger partial charge in [-0.1, -0.05) is 33.1 Å². The molecule has 0 saturated heterocycles. The van der Waals surface area contributed by atoms with Crippen molar-refractivity contribution in [2.75, 3.05) is 6.54 Å². The van der Waals surface area contributed by atoms with Gasteiger partial charge >= 0.3 is 5.97 Å². The lowest BCUT2D eigenvalue weighted by molar-refractivity contribution is -0.142. The van der Waals surface area contributed by atoms with Gasteiger partial charge in [-0.3, -0.25) is 4.79 Å². The predicted molar refractivity (Wildman–Crippen MR) is 78.2 cm³/mol. The average molecular weight is 284 g/mol. The molecular weight excluding hydrogens is 256 g/mol. The van der Waals surface area contributed by atoms with Crippen molar-refractivity contribution in [3.05, 3.63) is 0 Å². The summed E-state index contributed by atoms with van der Waals surface area (Å²) in [5.74, 6) is -0.905. The van der Waals surface area contributed by atoms with Crippen molar-refractivity contribution < 1.29 is 14.7 Å². The van der Waals surface area contributed by atoms with Crippen molar-refractivity contribution >= 4 is 11.9 Å². The molecule has 0 spiro atoms. The Morgan fingerprint density at radius 3 is 2.30 bits per heavy atom. The molecule has 5 nitrogen and oxygen atoms in total. The summed E-state index contributed by atoms with van der Waals surface area (Å²) in [6.45, 7) is 4.40. The van der Waals surface area contributed by atoms with Crippen LogP contribution in [0.3, 0.4) is 0 Å². The van der Waals surface area contributed by atoms with Crippen LogP contribution in [0.4, 0.5) is 0 Å². The highest BCUT2D eigenvalue weighted by molar-refractivity contribution is 5.83. The van der Waals surface area contributed by atoms with Crippen LogP contribution in [0.25, 0.3) is 0 Å². The Bertz CT molecular complexity index is 336. The molecule has 1 atom stereocenters. The molecule has 1 aliphatic carbocycles. The van der Waals surface area contributed by atoms with E-state index >= 15 is 0 Å². The Labute approximate surface area is 121 Å². The fourth-order valence-corrected chi connectivity index (χ4v) is 3.03. The molecule has 1 saturated carbocycles. The fourth-order valence-electron chi connectivity index (χ4n) is 3.03. The molecule has 1 fully saturated rings. The normalized spacial score (nSPS) is 19.6. The molecule has 0 heterocycles. The first-order chi connectivity index (χ1) is 9.38. The van der Waals surface area contributed by atoms with Gasteiger partial charge < -0.3 is 16.2 Å². The zero-order valence-corrected chi connectivity index (χ0v) is 12.7. The summed E-state index contributed by atoms with van der Waals surface area (Å²) in [7, 11) is 0. The highest BCUT2D eigenvalue weighted by atomic mass is 16.4. The molecule has 0 aliphatic heterocycles. The maximum Gasteiger partial charge on any atom is 0.326 e. The summed E-state index contributed by atoms with van der Waals surface area (Å²) in [4.78, 5) is 23.3. The number of nitrogens with one attached hydrogen (secondary N) is 1. The lowest BCUT2D eigenvalue weighted by Gasteiger charge is -2.36. The molecule has 0 aromatic heterocycles. The molecule has 5 heteroatoms. The van der Waals surface area contributed by atoms with Crippen LogP contribution in [0.5, 0.6) is 0 Å². The van der Waals surface area contributed by atoms with Gasteiger partial charge in [0.15, 0.2) is 0 Å². The smallest absolute Gasteiger partial charge is 0.326 e. The number of aliphatic carboxylic acids is 1. The van der Waals surface area contributed by atoms with Gasteiger partial charge in [0.25, 0.3) is 0 Å². The Balaban J connectivity index is 2.57. The Morgan fingerprint density at radius 2 is 1.85 bits per heavy atom. The van der Waals surface area contributed by atoms with E-state index in [4.69, 9.17) is 10.8 Å². The average Bonchev–Trinajstić information content (AvgIpc) is 2.38. The summed E-state index contributed by atoms with van der Waals surface area (Å²) in [6.07, 6.45) is 6.17. The third-order valence-electron chi connectivity index (χ3n) is 4.22. The number of nitrogens with two attached hydrogens (primary N) is 1. The molecule has 0 radical (unpaired) electrons. The van der Waals surface area contributed by atoms with E-state index in [1.165, 1.54) is 6.42 Å². The Morgan fingerprint density at radius 1 is 1.25 bits per heavy atom. The van der Waals surface area contributed by atoms with E-state index in [0.717, 1.165) is 25.7 Å². The number of amides is 1. The van der Waals surface area contributed by atoms with E-state index in [9.17, 15) is 9.59 Å². The number of carbonyl (C=O) groups excluding carboxylic acids is 1. The standard InChI is InChI=1S/C15H28N2O3/c1-11(2)8-12(14(19)20)17-13(18)9-15(10-16)6-4-3-5-7-15/h11-12H,3-10,16H2,1-2H3,(H,17,18)(H,19,20). The van der Waals surface area contributed by atoms with Crippen molar-refractivity contribution in [1.82, 2.24) is 5.32 Å². The molecule has 20 heavy (non-hydrogen) atoms. The number of hydrogen-bond acceptors (Lipinski definition) is 3. The van der Waals surface area contributed by atoms with Crippen LogP contribution in [0.1, 0.15) is 58.8 Å². The second-order valence-corrected chi connectivity index (χ2v) is 6.53. The summed E-state index contributed by atoms with van der Waals surface area (Å²) >= 11 is 0. The maximum atomic E-state index is 12.1. The first-order valence-corrected chi connectivity index (χ1v) is 7.61. The summed E-state index contributed by atoms with van der Waals surface area (Å²) < 4.78 is 0. The van der Waals surface area contributed by atoms with E-state index in [1.54, 1.807) is 0 Å². The van der Waals surface area contributed by atoms with Crippen molar-refractivity contribution in [1.29, 1.82) is 0 Å². The van der Waals surface area contributed by atoms with Gasteiger partial charge in [0.1, 0.15) is 6.04 Å². The van der Waals surface area contributed by atoms with Crippen LogP contribution < -0.4 is 11.1 Å². The molecule has 0 aromatic rings. The van der Waals surface area contributed by atoms with E-state index in [1.807, 2.05) is 13.8 Å². The largest absolute Gasteiger partial charge is 0.480 e.